The number of carbonyl (C=O) groups is 2. The van der Waals surface area contributed by atoms with Crippen LogP contribution in [-0.2, 0) is 9.53 Å². The summed E-state index contributed by atoms with van der Waals surface area (Å²) >= 11 is 3.26. The van der Waals surface area contributed by atoms with E-state index >= 15 is 0 Å². The summed E-state index contributed by atoms with van der Waals surface area (Å²) in [5.41, 5.74) is 0. The topological polar surface area (TPSA) is 92.4 Å². The summed E-state index contributed by atoms with van der Waals surface area (Å²) in [4.78, 5) is 27.3. The highest BCUT2D eigenvalue weighted by molar-refractivity contribution is 9.10. The summed E-state index contributed by atoms with van der Waals surface area (Å²) in [6, 6.07) is 5.04. The van der Waals surface area contributed by atoms with E-state index in [9.17, 15) is 9.59 Å². The van der Waals surface area contributed by atoms with Crippen molar-refractivity contribution in [2.24, 2.45) is 5.92 Å². The van der Waals surface area contributed by atoms with Crippen LogP contribution in [0, 0.1) is 5.92 Å². The molecule has 1 saturated heterocycles. The van der Waals surface area contributed by atoms with Crippen LogP contribution in [0.2, 0.25) is 0 Å². The zero-order chi connectivity index (χ0) is 15.2. The second kappa shape index (κ2) is 7.37. The molecule has 114 valence electrons. The number of pyridine rings is 1. The van der Waals surface area contributed by atoms with E-state index in [0.29, 0.717) is 29.9 Å². The Balaban J connectivity index is 1.81. The Morgan fingerprint density at radius 2 is 2.33 bits per heavy atom. The Bertz CT molecular complexity index is 526. The summed E-state index contributed by atoms with van der Waals surface area (Å²) < 4.78 is 5.18. The van der Waals surface area contributed by atoms with Gasteiger partial charge in [-0.1, -0.05) is 6.07 Å². The SMILES string of the molecule is COC(=O)NC[C@H]1CN[C@H](C(=O)Nc2cccc(Br)n2)C1. The van der Waals surface area contributed by atoms with Crippen molar-refractivity contribution in [3.63, 3.8) is 0 Å². The van der Waals surface area contributed by atoms with Crippen LogP contribution in [0.4, 0.5) is 10.6 Å². The first kappa shape index (κ1) is 15.7. The quantitative estimate of drug-likeness (QED) is 0.703. The predicted molar refractivity (Wildman–Crippen MR) is 80.9 cm³/mol. The molecule has 0 spiro atoms. The third-order valence-corrected chi connectivity index (χ3v) is 3.67. The number of nitrogens with zero attached hydrogens (tertiary/aromatic N) is 1. The van der Waals surface area contributed by atoms with E-state index in [1.54, 1.807) is 18.2 Å². The fourth-order valence-corrected chi connectivity index (χ4v) is 2.50. The van der Waals surface area contributed by atoms with Crippen molar-refractivity contribution in [1.29, 1.82) is 0 Å². The highest BCUT2D eigenvalue weighted by Crippen LogP contribution is 2.16. The number of carbonyl (C=O) groups excluding carboxylic acids is 2. The molecule has 1 fully saturated rings. The molecular weight excluding hydrogens is 340 g/mol. The molecule has 21 heavy (non-hydrogen) atoms. The molecule has 2 amide bonds. The number of halogens is 1. The van der Waals surface area contributed by atoms with E-state index in [-0.39, 0.29) is 17.9 Å². The third kappa shape index (κ3) is 4.68. The second-order valence-corrected chi connectivity index (χ2v) is 5.58. The molecule has 0 aromatic carbocycles. The predicted octanol–water partition coefficient (Wildman–Crippen LogP) is 1.12. The zero-order valence-electron chi connectivity index (χ0n) is 11.6. The van der Waals surface area contributed by atoms with Crippen molar-refractivity contribution >= 4 is 33.7 Å². The molecule has 2 rings (SSSR count). The molecule has 1 aromatic rings. The van der Waals surface area contributed by atoms with Gasteiger partial charge in [-0.05, 0) is 40.4 Å². The van der Waals surface area contributed by atoms with Crippen LogP contribution in [0.15, 0.2) is 22.8 Å². The first-order valence-corrected chi connectivity index (χ1v) is 7.36. The fraction of sp³-hybridized carbons (Fsp3) is 0.462. The van der Waals surface area contributed by atoms with Gasteiger partial charge in [-0.15, -0.1) is 0 Å². The molecule has 3 N–H and O–H groups in total. The van der Waals surface area contributed by atoms with Crippen LogP contribution in [0.1, 0.15) is 6.42 Å². The fourth-order valence-electron chi connectivity index (χ4n) is 2.16. The average molecular weight is 357 g/mol. The minimum absolute atomic E-state index is 0.124. The number of alkyl carbamates (subject to hydrolysis) is 1. The van der Waals surface area contributed by atoms with Gasteiger partial charge in [0.05, 0.1) is 13.2 Å². The molecule has 0 aliphatic carbocycles. The molecule has 1 aliphatic heterocycles. The highest BCUT2D eigenvalue weighted by Gasteiger charge is 2.29. The standard InChI is InChI=1S/C13H17BrN4O3/c1-21-13(20)16-7-8-5-9(15-6-8)12(19)18-11-4-2-3-10(14)17-11/h2-4,8-9,15H,5-7H2,1H3,(H,16,20)(H,17,18,19)/t8-,9+/m1/s1. The number of anilines is 1. The van der Waals surface area contributed by atoms with Crippen LogP contribution in [-0.4, -0.2) is 43.2 Å². The van der Waals surface area contributed by atoms with E-state index in [1.807, 2.05) is 0 Å². The normalized spacial score (nSPS) is 20.9. The molecule has 0 radical (unpaired) electrons. The lowest BCUT2D eigenvalue weighted by molar-refractivity contribution is -0.117. The minimum Gasteiger partial charge on any atom is -0.453 e. The van der Waals surface area contributed by atoms with Gasteiger partial charge in [0.25, 0.3) is 0 Å². The van der Waals surface area contributed by atoms with E-state index in [2.05, 4.69) is 41.6 Å². The maximum absolute atomic E-state index is 12.1. The number of methoxy groups -OCH3 is 1. The summed E-state index contributed by atoms with van der Waals surface area (Å²) in [6.07, 6.45) is 0.199. The summed E-state index contributed by atoms with van der Waals surface area (Å²) in [6.45, 7) is 1.16. The molecule has 2 atom stereocenters. The van der Waals surface area contributed by atoms with Crippen LogP contribution >= 0.6 is 15.9 Å². The maximum Gasteiger partial charge on any atom is 0.406 e. The monoisotopic (exact) mass is 356 g/mol. The molecule has 1 aromatic heterocycles. The van der Waals surface area contributed by atoms with Gasteiger partial charge in [0, 0.05) is 13.1 Å². The summed E-state index contributed by atoms with van der Waals surface area (Å²) in [5.74, 6) is 0.587. The molecular formula is C13H17BrN4O3. The third-order valence-electron chi connectivity index (χ3n) is 3.23. The minimum atomic E-state index is -0.457. The Kier molecular flexibility index (Phi) is 5.51. The molecule has 0 unspecified atom stereocenters. The lowest BCUT2D eigenvalue weighted by Crippen LogP contribution is -2.35. The molecule has 2 heterocycles. The van der Waals surface area contributed by atoms with Crippen molar-refractivity contribution in [2.75, 3.05) is 25.5 Å². The van der Waals surface area contributed by atoms with Gasteiger partial charge in [0.15, 0.2) is 0 Å². The van der Waals surface area contributed by atoms with Gasteiger partial charge >= 0.3 is 6.09 Å². The largest absolute Gasteiger partial charge is 0.453 e. The molecule has 0 bridgehead atoms. The van der Waals surface area contributed by atoms with Gasteiger partial charge in [-0.2, -0.15) is 0 Å². The number of aromatic nitrogens is 1. The molecule has 1 aliphatic rings. The number of rotatable bonds is 4. The van der Waals surface area contributed by atoms with E-state index in [1.165, 1.54) is 7.11 Å². The van der Waals surface area contributed by atoms with Crippen molar-refractivity contribution in [3.8, 4) is 0 Å². The Morgan fingerprint density at radius 1 is 1.52 bits per heavy atom. The maximum atomic E-state index is 12.1. The summed E-state index contributed by atoms with van der Waals surface area (Å²) in [7, 11) is 1.32. The highest BCUT2D eigenvalue weighted by atomic mass is 79.9. The van der Waals surface area contributed by atoms with E-state index in [0.717, 1.165) is 0 Å². The number of hydrogen-bond acceptors (Lipinski definition) is 5. The van der Waals surface area contributed by atoms with Crippen molar-refractivity contribution in [1.82, 2.24) is 15.6 Å². The van der Waals surface area contributed by atoms with Crippen molar-refractivity contribution in [3.05, 3.63) is 22.8 Å². The number of hydrogen-bond donors (Lipinski definition) is 3. The molecule has 7 nitrogen and oxygen atoms in total. The second-order valence-electron chi connectivity index (χ2n) is 4.77. The van der Waals surface area contributed by atoms with Gasteiger partial charge in [-0.3, -0.25) is 4.79 Å². The van der Waals surface area contributed by atoms with Crippen LogP contribution in [0.3, 0.4) is 0 Å². The number of amides is 2. The Morgan fingerprint density at radius 3 is 3.05 bits per heavy atom. The summed E-state index contributed by atoms with van der Waals surface area (Å²) in [5, 5.41) is 8.55. The van der Waals surface area contributed by atoms with Crippen LogP contribution < -0.4 is 16.0 Å². The first-order chi connectivity index (χ1) is 10.1. The van der Waals surface area contributed by atoms with Crippen LogP contribution in [0.25, 0.3) is 0 Å². The average Bonchev–Trinajstić information content (AvgIpc) is 2.93. The van der Waals surface area contributed by atoms with Crippen molar-refractivity contribution in [2.45, 2.75) is 12.5 Å². The molecule has 0 saturated carbocycles. The Hall–Kier alpha value is -1.67. The van der Waals surface area contributed by atoms with Crippen LogP contribution in [0.5, 0.6) is 0 Å². The first-order valence-electron chi connectivity index (χ1n) is 6.57. The lowest BCUT2D eigenvalue weighted by Gasteiger charge is -2.11. The van der Waals surface area contributed by atoms with Gasteiger partial charge in [0.2, 0.25) is 5.91 Å². The lowest BCUT2D eigenvalue weighted by atomic mass is 10.1. The number of nitrogens with one attached hydrogen (secondary N) is 3. The van der Waals surface area contributed by atoms with Gasteiger partial charge in [-0.25, -0.2) is 9.78 Å². The van der Waals surface area contributed by atoms with Crippen molar-refractivity contribution < 1.29 is 14.3 Å². The van der Waals surface area contributed by atoms with E-state index in [4.69, 9.17) is 0 Å². The molecule has 8 heteroatoms. The van der Waals surface area contributed by atoms with E-state index < -0.39 is 6.09 Å². The van der Waals surface area contributed by atoms with Gasteiger partial charge in [0.1, 0.15) is 10.4 Å². The Labute approximate surface area is 131 Å². The van der Waals surface area contributed by atoms with Gasteiger partial charge < -0.3 is 20.7 Å². The smallest absolute Gasteiger partial charge is 0.406 e. The zero-order valence-corrected chi connectivity index (χ0v) is 13.1. The number of ether oxygens (including phenoxy) is 1.